The van der Waals surface area contributed by atoms with Crippen molar-refractivity contribution < 1.29 is 12.6 Å². The Kier molecular flexibility index (Phi) is 6.23. The summed E-state index contributed by atoms with van der Waals surface area (Å²) in [4.78, 5) is 4.49. The number of hydrogen-bond acceptors (Lipinski definition) is 4. The van der Waals surface area contributed by atoms with E-state index in [1.165, 1.54) is 12.1 Å². The van der Waals surface area contributed by atoms with Crippen LogP contribution in [0.3, 0.4) is 0 Å². The van der Waals surface area contributed by atoms with E-state index in [1.54, 1.807) is 42.6 Å². The Bertz CT molecular complexity index is 1140. The summed E-state index contributed by atoms with van der Waals surface area (Å²) >= 11 is 9.47. The maximum absolute atomic E-state index is 12.4. The normalized spacial score (nSPS) is 11.7. The van der Waals surface area contributed by atoms with Gasteiger partial charge in [0.2, 0.25) is 0 Å². The molecule has 28 heavy (non-hydrogen) atoms. The maximum atomic E-state index is 12.4. The molecule has 3 rings (SSSR count). The summed E-state index contributed by atoms with van der Waals surface area (Å²) < 4.78 is 30.7. The van der Waals surface area contributed by atoms with Gasteiger partial charge >= 0.3 is 10.1 Å². The van der Waals surface area contributed by atoms with Crippen LogP contribution in [0.5, 0.6) is 5.75 Å². The molecular formula is C21H17BrClNO3S. The molecule has 0 heterocycles. The molecular weight excluding hydrogens is 462 g/mol. The number of hydrogen-bond donors (Lipinski definition) is 0. The number of halogens is 2. The topological polar surface area (TPSA) is 55.7 Å². The summed E-state index contributed by atoms with van der Waals surface area (Å²) in [7, 11) is -3.91. The molecule has 0 aromatic heterocycles. The molecule has 0 N–H and O–H groups in total. The van der Waals surface area contributed by atoms with Crippen molar-refractivity contribution in [2.75, 3.05) is 0 Å². The van der Waals surface area contributed by atoms with Crippen LogP contribution < -0.4 is 4.18 Å². The smallest absolute Gasteiger partial charge is 0.339 e. The zero-order chi connectivity index (χ0) is 20.3. The first-order valence-electron chi connectivity index (χ1n) is 8.35. The molecule has 4 nitrogen and oxygen atoms in total. The van der Waals surface area contributed by atoms with Crippen molar-refractivity contribution in [2.45, 2.75) is 18.7 Å². The highest BCUT2D eigenvalue weighted by Gasteiger charge is 2.18. The molecule has 0 fully saturated rings. The highest BCUT2D eigenvalue weighted by atomic mass is 79.9. The van der Waals surface area contributed by atoms with E-state index in [2.05, 4.69) is 20.9 Å². The van der Waals surface area contributed by atoms with Crippen molar-refractivity contribution in [1.82, 2.24) is 0 Å². The SMILES string of the molecule is Cc1ccc(S(=O)(=O)Oc2ccc(C=Nc3ccc(C)c(Cl)c3)cc2Br)cc1. The lowest BCUT2D eigenvalue weighted by molar-refractivity contribution is 0.484. The Balaban J connectivity index is 1.79. The summed E-state index contributed by atoms with van der Waals surface area (Å²) in [5.74, 6) is 0.205. The summed E-state index contributed by atoms with van der Waals surface area (Å²) in [6.45, 7) is 3.81. The first-order chi connectivity index (χ1) is 13.2. The minimum Gasteiger partial charge on any atom is -0.378 e. The van der Waals surface area contributed by atoms with Crippen LogP contribution in [0, 0.1) is 13.8 Å². The fraction of sp³-hybridized carbons (Fsp3) is 0.0952. The molecule has 0 spiro atoms. The lowest BCUT2D eigenvalue weighted by Gasteiger charge is -2.09. The highest BCUT2D eigenvalue weighted by Crippen LogP contribution is 2.29. The van der Waals surface area contributed by atoms with Gasteiger partial charge in [0, 0.05) is 11.2 Å². The van der Waals surface area contributed by atoms with E-state index >= 15 is 0 Å². The number of aryl methyl sites for hydroxylation is 2. The van der Waals surface area contributed by atoms with E-state index in [-0.39, 0.29) is 10.6 Å². The minimum atomic E-state index is -3.91. The van der Waals surface area contributed by atoms with Gasteiger partial charge in [0.25, 0.3) is 0 Å². The molecule has 0 bridgehead atoms. The van der Waals surface area contributed by atoms with E-state index in [1.807, 2.05) is 26.0 Å². The van der Waals surface area contributed by atoms with Crippen molar-refractivity contribution in [1.29, 1.82) is 0 Å². The van der Waals surface area contributed by atoms with Gasteiger partial charge in [-0.25, -0.2) is 0 Å². The van der Waals surface area contributed by atoms with Crippen LogP contribution in [-0.4, -0.2) is 14.6 Å². The third-order valence-electron chi connectivity index (χ3n) is 3.98. The van der Waals surface area contributed by atoms with Gasteiger partial charge in [0.05, 0.1) is 10.2 Å². The fourth-order valence-electron chi connectivity index (χ4n) is 2.35. The maximum Gasteiger partial charge on any atom is 0.339 e. The Labute approximate surface area is 178 Å². The van der Waals surface area contributed by atoms with Crippen molar-refractivity contribution in [3.05, 3.63) is 86.8 Å². The van der Waals surface area contributed by atoms with Crippen LogP contribution in [0.2, 0.25) is 5.02 Å². The van der Waals surface area contributed by atoms with Gasteiger partial charge in [-0.1, -0.05) is 35.4 Å². The van der Waals surface area contributed by atoms with E-state index < -0.39 is 10.1 Å². The van der Waals surface area contributed by atoms with Gasteiger partial charge in [0.15, 0.2) is 5.75 Å². The van der Waals surface area contributed by atoms with Gasteiger partial charge in [-0.05, 0) is 83.4 Å². The predicted octanol–water partition coefficient (Wildman–Crippen LogP) is 6.24. The van der Waals surface area contributed by atoms with Gasteiger partial charge < -0.3 is 4.18 Å². The molecule has 0 amide bonds. The molecule has 0 saturated carbocycles. The molecule has 0 aliphatic carbocycles. The van der Waals surface area contributed by atoms with Gasteiger partial charge in [0.1, 0.15) is 4.90 Å². The molecule has 0 aliphatic heterocycles. The van der Waals surface area contributed by atoms with E-state index in [4.69, 9.17) is 15.8 Å². The van der Waals surface area contributed by atoms with Crippen molar-refractivity contribution in [2.24, 2.45) is 4.99 Å². The fourth-order valence-corrected chi connectivity index (χ4v) is 4.05. The second kappa shape index (κ2) is 8.47. The second-order valence-corrected chi connectivity index (χ2v) is 9.04. The van der Waals surface area contributed by atoms with Crippen LogP contribution in [0.15, 0.2) is 75.0 Å². The van der Waals surface area contributed by atoms with Gasteiger partial charge in [-0.15, -0.1) is 0 Å². The van der Waals surface area contributed by atoms with Crippen LogP contribution in [0.1, 0.15) is 16.7 Å². The quantitative estimate of drug-likeness (QED) is 0.322. The number of aliphatic imine (C=N–C) groups is 1. The van der Waals surface area contributed by atoms with Crippen molar-refractivity contribution in [3.63, 3.8) is 0 Å². The van der Waals surface area contributed by atoms with Crippen LogP contribution in [0.25, 0.3) is 0 Å². The number of nitrogens with zero attached hydrogens (tertiary/aromatic N) is 1. The summed E-state index contributed by atoms with van der Waals surface area (Å²) in [5.41, 5.74) is 3.47. The largest absolute Gasteiger partial charge is 0.378 e. The lowest BCUT2D eigenvalue weighted by Crippen LogP contribution is -2.10. The summed E-state index contributed by atoms with van der Waals surface area (Å²) in [6.07, 6.45) is 1.67. The molecule has 0 saturated heterocycles. The zero-order valence-corrected chi connectivity index (χ0v) is 18.3. The Hall–Kier alpha value is -2.15. The summed E-state index contributed by atoms with van der Waals surface area (Å²) in [5, 5.41) is 0.654. The molecule has 0 atom stereocenters. The molecule has 0 unspecified atom stereocenters. The van der Waals surface area contributed by atoms with Crippen molar-refractivity contribution in [3.8, 4) is 5.75 Å². The first-order valence-corrected chi connectivity index (χ1v) is 10.9. The molecule has 144 valence electrons. The third-order valence-corrected chi connectivity index (χ3v) is 6.26. The first kappa shape index (κ1) is 20.6. The monoisotopic (exact) mass is 477 g/mol. The molecule has 7 heteroatoms. The van der Waals surface area contributed by atoms with E-state index in [0.717, 1.165) is 22.4 Å². The van der Waals surface area contributed by atoms with Gasteiger partial charge in [-0.2, -0.15) is 8.42 Å². The third kappa shape index (κ3) is 5.01. The lowest BCUT2D eigenvalue weighted by atomic mass is 10.2. The van der Waals surface area contributed by atoms with Crippen LogP contribution >= 0.6 is 27.5 Å². The Morgan fingerprint density at radius 2 is 1.71 bits per heavy atom. The minimum absolute atomic E-state index is 0.104. The zero-order valence-electron chi connectivity index (χ0n) is 15.2. The second-order valence-electron chi connectivity index (χ2n) is 6.23. The predicted molar refractivity (Wildman–Crippen MR) is 117 cm³/mol. The average Bonchev–Trinajstić information content (AvgIpc) is 2.65. The number of rotatable bonds is 5. The summed E-state index contributed by atoms with van der Waals surface area (Å²) in [6, 6.07) is 17.1. The van der Waals surface area contributed by atoms with Crippen LogP contribution in [-0.2, 0) is 10.1 Å². The molecule has 0 aliphatic rings. The van der Waals surface area contributed by atoms with E-state index in [0.29, 0.717) is 9.50 Å². The standard InChI is InChI=1S/C21H17BrClNO3S/c1-14-3-8-18(9-4-14)28(25,26)27-21-10-6-16(11-19(21)22)13-24-17-7-5-15(2)20(23)12-17/h3-13H,1-2H3. The Morgan fingerprint density at radius 3 is 2.36 bits per heavy atom. The molecule has 0 radical (unpaired) electrons. The van der Waals surface area contributed by atoms with Crippen molar-refractivity contribution >= 4 is 49.6 Å². The average molecular weight is 479 g/mol. The van der Waals surface area contributed by atoms with E-state index in [9.17, 15) is 8.42 Å². The number of benzene rings is 3. The molecule has 3 aromatic carbocycles. The van der Waals surface area contributed by atoms with Gasteiger partial charge in [-0.3, -0.25) is 4.99 Å². The molecule has 3 aromatic rings. The highest BCUT2D eigenvalue weighted by molar-refractivity contribution is 9.10. The Morgan fingerprint density at radius 1 is 1.00 bits per heavy atom. The van der Waals surface area contributed by atoms with Crippen LogP contribution in [0.4, 0.5) is 5.69 Å².